The molecule has 0 heterocycles. The van der Waals surface area contributed by atoms with Crippen LogP contribution in [0.1, 0.15) is 56.2 Å². The van der Waals surface area contributed by atoms with Gasteiger partial charge in [0.2, 0.25) is 0 Å². The highest BCUT2D eigenvalue weighted by atomic mass is 16.1. The lowest BCUT2D eigenvalue weighted by Crippen LogP contribution is -2.05. The summed E-state index contributed by atoms with van der Waals surface area (Å²) < 4.78 is 0. The Labute approximate surface area is 200 Å². The molecule has 0 amide bonds. The Balaban J connectivity index is 0. The summed E-state index contributed by atoms with van der Waals surface area (Å²) >= 11 is 0. The molecule has 1 atom stereocenters. The quantitative estimate of drug-likeness (QED) is 0.214. The van der Waals surface area contributed by atoms with Crippen molar-refractivity contribution in [2.75, 3.05) is 5.73 Å². The van der Waals surface area contributed by atoms with Gasteiger partial charge in [0.15, 0.2) is 0 Å². The number of nitrogen functional groups attached to an aromatic ring is 1. The number of nitrogens with two attached hydrogens (primary N) is 2. The number of carbonyl (C=O) groups excluding carboxylic acids is 2. The molecule has 0 radical (unpaired) electrons. The van der Waals surface area contributed by atoms with Crippen LogP contribution in [0.15, 0.2) is 97.3 Å². The smallest absolute Gasteiger partial charge is 0.145 e. The molecule has 4 nitrogen and oxygen atoms in total. The van der Waals surface area contributed by atoms with E-state index in [9.17, 15) is 4.79 Å². The summed E-state index contributed by atoms with van der Waals surface area (Å²) in [6.45, 7) is 20.6. The zero-order valence-corrected chi connectivity index (χ0v) is 20.6. The summed E-state index contributed by atoms with van der Waals surface area (Å²) in [4.78, 5) is 19.0. The monoisotopic (exact) mass is 448 g/mol. The van der Waals surface area contributed by atoms with Crippen molar-refractivity contribution in [3.63, 3.8) is 0 Å². The van der Waals surface area contributed by atoms with Crippen LogP contribution in [0.4, 0.5) is 5.69 Å². The molecule has 0 aromatic heterocycles. The zero-order chi connectivity index (χ0) is 25.8. The molecule has 33 heavy (non-hydrogen) atoms. The Hall–Kier alpha value is -3.66. The van der Waals surface area contributed by atoms with Gasteiger partial charge >= 0.3 is 0 Å². The van der Waals surface area contributed by atoms with Gasteiger partial charge in [-0.25, -0.2) is 0 Å². The van der Waals surface area contributed by atoms with Crippen LogP contribution >= 0.6 is 0 Å². The first kappa shape index (κ1) is 31.5. The minimum Gasteiger partial charge on any atom is -0.403 e. The average Bonchev–Trinajstić information content (AvgIpc) is 2.79. The van der Waals surface area contributed by atoms with Crippen LogP contribution in [-0.2, 0) is 9.59 Å². The van der Waals surface area contributed by atoms with Crippen LogP contribution in [0, 0.1) is 6.92 Å². The number of benzene rings is 2. The summed E-state index contributed by atoms with van der Waals surface area (Å²) in [5, 5.41) is 0. The molecule has 178 valence electrons. The highest BCUT2D eigenvalue weighted by molar-refractivity contribution is 5.72. The van der Waals surface area contributed by atoms with Crippen molar-refractivity contribution in [3.8, 4) is 0 Å². The van der Waals surface area contributed by atoms with Gasteiger partial charge in [-0.2, -0.15) is 0 Å². The first-order valence-electron chi connectivity index (χ1n) is 10.7. The molecule has 0 fully saturated rings. The minimum absolute atomic E-state index is 0.107. The van der Waals surface area contributed by atoms with Crippen LogP contribution in [0.5, 0.6) is 0 Å². The normalized spacial score (nSPS) is 10.5. The molecule has 0 unspecified atom stereocenters. The van der Waals surface area contributed by atoms with Crippen molar-refractivity contribution in [3.05, 3.63) is 114 Å². The van der Waals surface area contributed by atoms with Crippen LogP contribution in [0.25, 0.3) is 0 Å². The molecular formula is C29H40N2O2. The first-order valence-corrected chi connectivity index (χ1v) is 10.7. The molecule has 0 aliphatic carbocycles. The van der Waals surface area contributed by atoms with E-state index in [0.717, 1.165) is 36.0 Å². The standard InChI is InChI=1S/C22H25NO.C3H7N.C3H6.CH2O/c1-4-18(15-24)8-7-17(3)22(19-9-5-16(2)6-10-19)20-11-13-21(23)14-12-20;1-3(2)4;1-3-2;1-2/h4-6,9-15,22H,3,7-8,23H2,1-2H3;1,4H2,2H3;3H,1H2,2H3;1H2/b18-4+;;;/t22-;;;/m1.../s1. The molecule has 4 heteroatoms. The van der Waals surface area contributed by atoms with E-state index in [0.29, 0.717) is 5.70 Å². The predicted octanol–water partition coefficient (Wildman–Crippen LogP) is 6.68. The number of hydrogen-bond acceptors (Lipinski definition) is 4. The summed E-state index contributed by atoms with van der Waals surface area (Å²) in [5.74, 6) is 0.107. The lowest BCUT2D eigenvalue weighted by molar-refractivity contribution is -0.105. The third kappa shape index (κ3) is 14.1. The van der Waals surface area contributed by atoms with Crippen LogP contribution in [0.2, 0.25) is 0 Å². The largest absolute Gasteiger partial charge is 0.403 e. The number of anilines is 1. The molecular weight excluding hydrogens is 408 g/mol. The van der Waals surface area contributed by atoms with Gasteiger partial charge in [-0.15, -0.1) is 6.58 Å². The Bertz CT molecular complexity index is 829. The molecule has 2 aromatic carbocycles. The second-order valence-electron chi connectivity index (χ2n) is 7.40. The summed E-state index contributed by atoms with van der Waals surface area (Å²) in [5.41, 5.74) is 17.7. The van der Waals surface area contributed by atoms with Gasteiger partial charge in [0.25, 0.3) is 0 Å². The van der Waals surface area contributed by atoms with Crippen molar-refractivity contribution >= 4 is 18.8 Å². The molecule has 0 aliphatic rings. The fourth-order valence-corrected chi connectivity index (χ4v) is 2.83. The highest BCUT2D eigenvalue weighted by Gasteiger charge is 2.17. The molecule has 0 bridgehead atoms. The fraction of sp³-hybridized carbons (Fsp3) is 0.241. The SMILES string of the molecule is C=C(C)N.C=C(CC/C(C=O)=C\C)[C@H](c1ccc(C)cc1)c1ccc(N)cc1.C=CC.C=O. The van der Waals surface area contributed by atoms with E-state index in [1.807, 2.05) is 38.8 Å². The minimum atomic E-state index is 0.107. The molecule has 0 saturated carbocycles. The Morgan fingerprint density at radius 2 is 1.33 bits per heavy atom. The van der Waals surface area contributed by atoms with Crippen molar-refractivity contribution in [2.24, 2.45) is 5.73 Å². The Kier molecular flexibility index (Phi) is 18.2. The third-order valence-electron chi connectivity index (χ3n) is 4.35. The number of rotatable bonds is 7. The van der Waals surface area contributed by atoms with E-state index < -0.39 is 0 Å². The number of carbonyl (C=O) groups is 2. The molecule has 0 spiro atoms. The Morgan fingerprint density at radius 1 is 0.939 bits per heavy atom. The van der Waals surface area contributed by atoms with Gasteiger partial charge in [0, 0.05) is 11.6 Å². The van der Waals surface area contributed by atoms with Crippen LogP contribution in [-0.4, -0.2) is 13.1 Å². The van der Waals surface area contributed by atoms with Gasteiger partial charge in [0.1, 0.15) is 13.1 Å². The summed E-state index contributed by atoms with van der Waals surface area (Å²) in [7, 11) is 0. The van der Waals surface area contributed by atoms with Crippen LogP contribution < -0.4 is 11.5 Å². The van der Waals surface area contributed by atoms with Crippen molar-refractivity contribution in [1.29, 1.82) is 0 Å². The first-order chi connectivity index (χ1) is 15.7. The van der Waals surface area contributed by atoms with Crippen LogP contribution in [0.3, 0.4) is 0 Å². The van der Waals surface area contributed by atoms with Crippen molar-refractivity contribution in [1.82, 2.24) is 0 Å². The van der Waals surface area contributed by atoms with Gasteiger partial charge in [-0.1, -0.05) is 72.8 Å². The van der Waals surface area contributed by atoms with E-state index in [1.54, 1.807) is 13.0 Å². The zero-order valence-electron chi connectivity index (χ0n) is 20.6. The average molecular weight is 449 g/mol. The number of aryl methyl sites for hydroxylation is 1. The molecule has 0 saturated heterocycles. The summed E-state index contributed by atoms with van der Waals surface area (Å²) in [6, 6.07) is 16.5. The predicted molar refractivity (Wildman–Crippen MR) is 144 cm³/mol. The fourth-order valence-electron chi connectivity index (χ4n) is 2.83. The van der Waals surface area contributed by atoms with Crippen molar-refractivity contribution in [2.45, 2.75) is 46.5 Å². The maximum Gasteiger partial charge on any atom is 0.145 e. The number of allylic oxidation sites excluding steroid dienone is 5. The highest BCUT2D eigenvalue weighted by Crippen LogP contribution is 2.34. The molecule has 2 aromatic rings. The second kappa shape index (κ2) is 19.1. The van der Waals surface area contributed by atoms with E-state index in [-0.39, 0.29) is 5.92 Å². The maximum absolute atomic E-state index is 11.0. The molecule has 2 rings (SSSR count). The maximum atomic E-state index is 11.0. The topological polar surface area (TPSA) is 86.2 Å². The lowest BCUT2D eigenvalue weighted by Gasteiger charge is -2.21. The summed E-state index contributed by atoms with van der Waals surface area (Å²) in [6.07, 6.45) is 6.04. The van der Waals surface area contributed by atoms with E-state index in [4.69, 9.17) is 16.3 Å². The van der Waals surface area contributed by atoms with Gasteiger partial charge in [-0.3, -0.25) is 4.79 Å². The van der Waals surface area contributed by atoms with Gasteiger partial charge in [0.05, 0.1) is 0 Å². The lowest BCUT2D eigenvalue weighted by atomic mass is 9.83. The van der Waals surface area contributed by atoms with Gasteiger partial charge in [-0.05, 0) is 75.1 Å². The van der Waals surface area contributed by atoms with Crippen molar-refractivity contribution < 1.29 is 9.59 Å². The number of hydrogen-bond donors (Lipinski definition) is 2. The van der Waals surface area contributed by atoms with E-state index in [1.165, 1.54) is 16.7 Å². The Morgan fingerprint density at radius 3 is 1.70 bits per heavy atom. The number of aldehydes is 1. The van der Waals surface area contributed by atoms with Gasteiger partial charge < -0.3 is 16.3 Å². The van der Waals surface area contributed by atoms with E-state index in [2.05, 4.69) is 63.1 Å². The third-order valence-corrected chi connectivity index (χ3v) is 4.35. The molecule has 0 aliphatic heterocycles. The molecule has 4 N–H and O–H groups in total. The van der Waals surface area contributed by atoms with E-state index >= 15 is 0 Å². The second-order valence-corrected chi connectivity index (χ2v) is 7.40.